The zero-order valence-electron chi connectivity index (χ0n) is 14.6. The van der Waals surface area contributed by atoms with Gasteiger partial charge in [-0.25, -0.2) is 0 Å². The van der Waals surface area contributed by atoms with Crippen LogP contribution in [-0.2, 0) is 4.79 Å². The van der Waals surface area contributed by atoms with Crippen LogP contribution in [0.15, 0.2) is 12.1 Å². The molecule has 0 radical (unpaired) electrons. The second-order valence-corrected chi connectivity index (χ2v) is 5.95. The van der Waals surface area contributed by atoms with E-state index in [1.165, 1.54) is 21.3 Å². The van der Waals surface area contributed by atoms with Gasteiger partial charge in [-0.1, -0.05) is 0 Å². The minimum absolute atomic E-state index is 0.0510. The average Bonchev–Trinajstić information content (AvgIpc) is 2.66. The number of methoxy groups -OCH3 is 3. The van der Waals surface area contributed by atoms with Crippen LogP contribution in [0.5, 0.6) is 17.2 Å². The Kier molecular flexibility index (Phi) is 6.75. The molecule has 138 valence electrons. The van der Waals surface area contributed by atoms with Gasteiger partial charge in [-0.05, 0) is 25.0 Å². The van der Waals surface area contributed by atoms with Crippen molar-refractivity contribution < 1.29 is 23.8 Å². The highest BCUT2D eigenvalue weighted by atomic mass is 35.5. The highest BCUT2D eigenvalue weighted by Crippen LogP contribution is 2.38. The molecule has 2 amide bonds. The molecule has 1 fully saturated rings. The molecule has 1 N–H and O–H groups in total. The maximum absolute atomic E-state index is 12.8. The number of rotatable bonds is 6. The topological polar surface area (TPSA) is 77.1 Å². The molecule has 1 aromatic rings. The summed E-state index contributed by atoms with van der Waals surface area (Å²) >= 11 is 5.50. The van der Waals surface area contributed by atoms with Crippen molar-refractivity contribution in [3.05, 3.63) is 17.7 Å². The molecular weight excluding hydrogens is 348 g/mol. The van der Waals surface area contributed by atoms with Gasteiger partial charge in [0, 0.05) is 24.7 Å². The predicted molar refractivity (Wildman–Crippen MR) is 93.9 cm³/mol. The molecule has 1 heterocycles. The first-order valence-electron chi connectivity index (χ1n) is 7.98. The maximum atomic E-state index is 12.8. The summed E-state index contributed by atoms with van der Waals surface area (Å²) in [4.78, 5) is 25.9. The zero-order valence-corrected chi connectivity index (χ0v) is 15.4. The van der Waals surface area contributed by atoms with Crippen LogP contribution in [0.3, 0.4) is 0 Å². The molecule has 1 aliphatic heterocycles. The number of carbonyl (C=O) groups excluding carboxylic acids is 2. The number of ether oxygens (including phenoxy) is 3. The number of halogens is 1. The van der Waals surface area contributed by atoms with Crippen molar-refractivity contribution >= 4 is 23.4 Å². The van der Waals surface area contributed by atoms with Crippen molar-refractivity contribution in [1.82, 2.24) is 10.2 Å². The van der Waals surface area contributed by atoms with E-state index in [4.69, 9.17) is 25.8 Å². The summed E-state index contributed by atoms with van der Waals surface area (Å²) in [5.74, 6) is 0.982. The highest BCUT2D eigenvalue weighted by Gasteiger charge is 2.26. The SMILES string of the molecule is COc1cc(C(=O)N2CCC(NC(=O)CCl)CC2)cc(OC)c1OC. The lowest BCUT2D eigenvalue weighted by Crippen LogP contribution is -2.46. The number of amides is 2. The van der Waals surface area contributed by atoms with Crippen molar-refractivity contribution in [2.45, 2.75) is 18.9 Å². The normalized spacial score (nSPS) is 14.8. The van der Waals surface area contributed by atoms with Gasteiger partial charge in [-0.15, -0.1) is 11.6 Å². The molecule has 2 rings (SSSR count). The molecule has 0 bridgehead atoms. The van der Waals surface area contributed by atoms with Gasteiger partial charge in [0.2, 0.25) is 11.7 Å². The van der Waals surface area contributed by atoms with E-state index in [0.29, 0.717) is 48.7 Å². The number of piperidine rings is 1. The molecule has 0 aliphatic carbocycles. The monoisotopic (exact) mass is 370 g/mol. The lowest BCUT2D eigenvalue weighted by molar-refractivity contribution is -0.119. The third-order valence-electron chi connectivity index (χ3n) is 4.18. The molecule has 0 saturated carbocycles. The molecule has 7 nitrogen and oxygen atoms in total. The lowest BCUT2D eigenvalue weighted by atomic mass is 10.0. The molecule has 25 heavy (non-hydrogen) atoms. The first-order valence-corrected chi connectivity index (χ1v) is 8.52. The minimum atomic E-state index is -0.184. The van der Waals surface area contributed by atoms with E-state index >= 15 is 0 Å². The van der Waals surface area contributed by atoms with Crippen molar-refractivity contribution in [3.63, 3.8) is 0 Å². The number of nitrogens with zero attached hydrogens (tertiary/aromatic N) is 1. The summed E-state index contributed by atoms with van der Waals surface area (Å²) in [7, 11) is 4.54. The standard InChI is InChI=1S/C17H23ClN2O5/c1-23-13-8-11(9-14(24-2)16(13)25-3)17(22)20-6-4-12(5-7-20)19-15(21)10-18/h8-9,12H,4-7,10H2,1-3H3,(H,19,21). The van der Waals surface area contributed by atoms with Gasteiger partial charge < -0.3 is 24.4 Å². The van der Waals surface area contributed by atoms with E-state index in [0.717, 1.165) is 0 Å². The fourth-order valence-corrected chi connectivity index (χ4v) is 2.96. The Morgan fingerprint density at radius 1 is 1.12 bits per heavy atom. The van der Waals surface area contributed by atoms with Crippen LogP contribution >= 0.6 is 11.6 Å². The van der Waals surface area contributed by atoms with Crippen LogP contribution in [0.1, 0.15) is 23.2 Å². The van der Waals surface area contributed by atoms with Crippen LogP contribution in [0.4, 0.5) is 0 Å². The second kappa shape index (κ2) is 8.80. The van der Waals surface area contributed by atoms with Gasteiger partial charge in [0.15, 0.2) is 11.5 Å². The molecule has 0 atom stereocenters. The summed E-state index contributed by atoms with van der Waals surface area (Å²) in [6.45, 7) is 1.12. The second-order valence-electron chi connectivity index (χ2n) is 5.68. The summed E-state index contributed by atoms with van der Waals surface area (Å²) in [5, 5.41) is 2.85. The lowest BCUT2D eigenvalue weighted by Gasteiger charge is -2.32. The zero-order chi connectivity index (χ0) is 18.4. The molecule has 0 aromatic heterocycles. The Bertz CT molecular complexity index is 604. The van der Waals surface area contributed by atoms with Gasteiger partial charge in [-0.2, -0.15) is 0 Å². The average molecular weight is 371 g/mol. The smallest absolute Gasteiger partial charge is 0.254 e. The Labute approximate surface area is 152 Å². The van der Waals surface area contributed by atoms with Gasteiger partial charge in [-0.3, -0.25) is 9.59 Å². The Morgan fingerprint density at radius 2 is 1.68 bits per heavy atom. The van der Waals surface area contributed by atoms with Gasteiger partial charge in [0.25, 0.3) is 5.91 Å². The van der Waals surface area contributed by atoms with E-state index in [1.54, 1.807) is 17.0 Å². The van der Waals surface area contributed by atoms with E-state index in [-0.39, 0.29) is 23.7 Å². The fraction of sp³-hybridized carbons (Fsp3) is 0.529. The molecule has 0 spiro atoms. The van der Waals surface area contributed by atoms with Crippen molar-refractivity contribution in [2.75, 3.05) is 40.3 Å². The third kappa shape index (κ3) is 4.48. The summed E-state index contributed by atoms with van der Waals surface area (Å²) in [6, 6.07) is 3.34. The number of nitrogens with one attached hydrogen (secondary N) is 1. The maximum Gasteiger partial charge on any atom is 0.254 e. The Morgan fingerprint density at radius 3 is 2.12 bits per heavy atom. The highest BCUT2D eigenvalue weighted by molar-refractivity contribution is 6.27. The van der Waals surface area contributed by atoms with Gasteiger partial charge in [0.1, 0.15) is 5.88 Å². The molecule has 8 heteroatoms. The summed E-state index contributed by atoms with van der Waals surface area (Å²) in [5.41, 5.74) is 0.470. The van der Waals surface area contributed by atoms with Crippen LogP contribution in [0.25, 0.3) is 0 Å². The molecule has 1 saturated heterocycles. The molecule has 0 unspecified atom stereocenters. The molecular formula is C17H23ClN2O5. The first-order chi connectivity index (χ1) is 12.0. The van der Waals surface area contributed by atoms with Crippen molar-refractivity contribution in [1.29, 1.82) is 0 Å². The number of carbonyl (C=O) groups is 2. The fourth-order valence-electron chi connectivity index (χ4n) is 2.88. The van der Waals surface area contributed by atoms with Crippen LogP contribution in [0.2, 0.25) is 0 Å². The predicted octanol–water partition coefficient (Wildman–Crippen LogP) is 1.67. The van der Waals surface area contributed by atoms with E-state index < -0.39 is 0 Å². The Hall–Kier alpha value is -2.15. The first kappa shape index (κ1) is 19.2. The molecule has 1 aromatic carbocycles. The summed E-state index contributed by atoms with van der Waals surface area (Å²) in [6.07, 6.45) is 1.39. The van der Waals surface area contributed by atoms with Crippen LogP contribution in [-0.4, -0.2) is 63.1 Å². The minimum Gasteiger partial charge on any atom is -0.493 e. The van der Waals surface area contributed by atoms with E-state index in [1.807, 2.05) is 0 Å². The van der Waals surface area contributed by atoms with Crippen LogP contribution in [0, 0.1) is 0 Å². The van der Waals surface area contributed by atoms with E-state index in [9.17, 15) is 9.59 Å². The largest absolute Gasteiger partial charge is 0.493 e. The quantitative estimate of drug-likeness (QED) is 0.771. The number of hydrogen-bond acceptors (Lipinski definition) is 5. The Balaban J connectivity index is 2.10. The molecule has 1 aliphatic rings. The van der Waals surface area contributed by atoms with Gasteiger partial charge >= 0.3 is 0 Å². The van der Waals surface area contributed by atoms with Crippen molar-refractivity contribution in [3.8, 4) is 17.2 Å². The summed E-state index contributed by atoms with van der Waals surface area (Å²) < 4.78 is 15.9. The number of hydrogen-bond donors (Lipinski definition) is 1. The van der Waals surface area contributed by atoms with Crippen LogP contribution < -0.4 is 19.5 Å². The van der Waals surface area contributed by atoms with E-state index in [2.05, 4.69) is 5.32 Å². The van der Waals surface area contributed by atoms with Crippen molar-refractivity contribution in [2.24, 2.45) is 0 Å². The number of benzene rings is 1. The number of alkyl halides is 1. The number of likely N-dealkylation sites (tertiary alicyclic amines) is 1. The van der Waals surface area contributed by atoms with Gasteiger partial charge in [0.05, 0.1) is 21.3 Å². The third-order valence-corrected chi connectivity index (χ3v) is 4.42.